The van der Waals surface area contributed by atoms with Gasteiger partial charge in [0, 0.05) is 44.2 Å². The maximum atomic E-state index is 12.2. The first-order valence-electron chi connectivity index (χ1n) is 13.9. The second-order valence-corrected chi connectivity index (χ2v) is 12.5. The lowest BCUT2D eigenvalue weighted by Gasteiger charge is -2.36. The van der Waals surface area contributed by atoms with Crippen molar-refractivity contribution in [1.82, 2.24) is 20.8 Å². The summed E-state index contributed by atoms with van der Waals surface area (Å²) in [5.41, 5.74) is 3.82. The van der Waals surface area contributed by atoms with E-state index in [1.807, 2.05) is 55.5 Å². The van der Waals surface area contributed by atoms with Crippen LogP contribution in [0.15, 0.2) is 52.9 Å². The molecule has 3 aromatic rings. The second-order valence-electron chi connectivity index (χ2n) is 10.1. The molecule has 2 amide bonds. The van der Waals surface area contributed by atoms with Gasteiger partial charge in [-0.25, -0.2) is 0 Å². The summed E-state index contributed by atoms with van der Waals surface area (Å²) in [6, 6.07) is 15.8. The van der Waals surface area contributed by atoms with Gasteiger partial charge in [-0.05, 0) is 36.5 Å². The van der Waals surface area contributed by atoms with Crippen LogP contribution >= 0.6 is 23.1 Å². The average Bonchev–Trinajstić information content (AvgIpc) is 3.41. The first-order valence-corrected chi connectivity index (χ1v) is 15.7. The number of nitrogens with one attached hydrogen (secondary N) is 2. The van der Waals surface area contributed by atoms with Gasteiger partial charge in [0.1, 0.15) is 5.01 Å². The van der Waals surface area contributed by atoms with Crippen molar-refractivity contribution in [2.75, 3.05) is 12.3 Å². The van der Waals surface area contributed by atoms with Crippen LogP contribution < -0.4 is 10.6 Å². The summed E-state index contributed by atoms with van der Waals surface area (Å²) < 4.78 is 13.8. The molecule has 2 aromatic carbocycles. The van der Waals surface area contributed by atoms with E-state index in [1.54, 1.807) is 23.1 Å². The number of rotatable bonds is 14. The highest BCUT2D eigenvalue weighted by Crippen LogP contribution is 2.39. The van der Waals surface area contributed by atoms with E-state index in [-0.39, 0.29) is 30.6 Å². The number of unbranched alkanes of at least 4 members (excludes halogenated alkanes) is 2. The number of ether oxygens (including phenoxy) is 2. The Morgan fingerprint density at radius 1 is 0.976 bits per heavy atom. The first kappa shape index (κ1) is 31.1. The van der Waals surface area contributed by atoms with E-state index in [4.69, 9.17) is 9.47 Å². The van der Waals surface area contributed by atoms with Gasteiger partial charge in [0.05, 0.1) is 18.8 Å². The summed E-state index contributed by atoms with van der Waals surface area (Å²) in [7, 11) is 0. The van der Waals surface area contributed by atoms with Crippen molar-refractivity contribution in [1.29, 1.82) is 0 Å². The maximum absolute atomic E-state index is 12.2. The van der Waals surface area contributed by atoms with Crippen LogP contribution in [0.5, 0.6) is 0 Å². The van der Waals surface area contributed by atoms with Crippen LogP contribution in [0, 0.1) is 6.92 Å². The monoisotopic (exact) mass is 598 g/mol. The number of thioether (sulfide) groups is 1. The fourth-order valence-corrected chi connectivity index (χ4v) is 6.32. The summed E-state index contributed by atoms with van der Waals surface area (Å²) in [4.78, 5) is 23.1. The van der Waals surface area contributed by atoms with Crippen LogP contribution in [0.1, 0.15) is 78.7 Å². The van der Waals surface area contributed by atoms with E-state index >= 15 is 0 Å². The van der Waals surface area contributed by atoms with Crippen molar-refractivity contribution in [3.8, 4) is 0 Å². The molecule has 0 spiro atoms. The Kier molecular flexibility index (Phi) is 12.1. The smallest absolute Gasteiger partial charge is 0.220 e. The molecule has 1 aliphatic rings. The molecule has 1 fully saturated rings. The number of benzene rings is 2. The quantitative estimate of drug-likeness (QED) is 0.175. The number of aromatic nitrogens is 2. The number of hydrogen-bond donors (Lipinski definition) is 3. The molecule has 0 saturated carbocycles. The Bertz CT molecular complexity index is 1250. The number of carbonyl (C=O) groups is 2. The summed E-state index contributed by atoms with van der Waals surface area (Å²) in [6.45, 7) is 4.56. The summed E-state index contributed by atoms with van der Waals surface area (Å²) in [5, 5.41) is 24.5. The number of aryl methyl sites for hydroxylation is 1. The zero-order chi connectivity index (χ0) is 29.0. The van der Waals surface area contributed by atoms with Crippen LogP contribution in [-0.4, -0.2) is 45.5 Å². The van der Waals surface area contributed by atoms with Gasteiger partial charge in [-0.1, -0.05) is 78.1 Å². The standard InChI is InChI=1S/C30H38N4O5S2/c1-20(36)31-15-5-3-4-6-28(37)32-17-22-7-13-25(14-8-22)29-38-26(19-40-30-34-33-21(2)41-30)16-27(39-29)24-11-9-23(18-35)10-12-24/h7-14,26-27,29,35H,3-6,15-19H2,1-2H3,(H,31,36)(H,32,37). The minimum absolute atomic E-state index is 0.00477. The van der Waals surface area contributed by atoms with E-state index in [0.29, 0.717) is 25.9 Å². The number of carbonyl (C=O) groups excluding carboxylic acids is 2. The fourth-order valence-electron chi connectivity index (χ4n) is 4.46. The molecule has 3 atom stereocenters. The molecular weight excluding hydrogens is 560 g/mol. The minimum Gasteiger partial charge on any atom is -0.392 e. The van der Waals surface area contributed by atoms with E-state index in [0.717, 1.165) is 56.6 Å². The molecule has 1 aliphatic heterocycles. The number of amides is 2. The van der Waals surface area contributed by atoms with E-state index in [1.165, 1.54) is 6.92 Å². The summed E-state index contributed by atoms with van der Waals surface area (Å²) in [5.74, 6) is 0.729. The van der Waals surface area contributed by atoms with Gasteiger partial charge >= 0.3 is 0 Å². The molecule has 220 valence electrons. The lowest BCUT2D eigenvalue weighted by molar-refractivity contribution is -0.245. The lowest BCUT2D eigenvalue weighted by atomic mass is 10.0. The van der Waals surface area contributed by atoms with Crippen LogP contribution in [0.3, 0.4) is 0 Å². The highest BCUT2D eigenvalue weighted by Gasteiger charge is 2.32. The lowest BCUT2D eigenvalue weighted by Crippen LogP contribution is -2.31. The fraction of sp³-hybridized carbons (Fsp3) is 0.467. The predicted octanol–water partition coefficient (Wildman–Crippen LogP) is 4.99. The van der Waals surface area contributed by atoms with E-state index in [9.17, 15) is 14.7 Å². The van der Waals surface area contributed by atoms with Crippen molar-refractivity contribution < 1.29 is 24.2 Å². The third-order valence-corrected chi connectivity index (χ3v) is 8.82. The van der Waals surface area contributed by atoms with Gasteiger partial charge in [-0.15, -0.1) is 10.2 Å². The van der Waals surface area contributed by atoms with Crippen LogP contribution in [0.2, 0.25) is 0 Å². The normalized spacial score (nSPS) is 18.7. The molecule has 0 aliphatic carbocycles. The molecule has 3 unspecified atom stereocenters. The SMILES string of the molecule is CC(=O)NCCCCCC(=O)NCc1ccc(C2OC(CSc3nnc(C)s3)CC(c3ccc(CO)cc3)O2)cc1. The molecule has 9 nitrogen and oxygen atoms in total. The van der Waals surface area contributed by atoms with Crippen molar-refractivity contribution in [2.45, 2.75) is 81.9 Å². The van der Waals surface area contributed by atoms with Crippen molar-refractivity contribution >= 4 is 34.9 Å². The van der Waals surface area contributed by atoms with Gasteiger partial charge in [0.25, 0.3) is 0 Å². The molecule has 2 heterocycles. The second kappa shape index (κ2) is 16.0. The zero-order valence-electron chi connectivity index (χ0n) is 23.5. The van der Waals surface area contributed by atoms with Gasteiger partial charge in [0.15, 0.2) is 10.6 Å². The Morgan fingerprint density at radius 2 is 1.71 bits per heavy atom. The third kappa shape index (κ3) is 10.2. The number of nitrogens with zero attached hydrogens (tertiary/aromatic N) is 2. The molecule has 1 aromatic heterocycles. The topological polar surface area (TPSA) is 123 Å². The minimum atomic E-state index is -0.533. The Morgan fingerprint density at radius 3 is 2.39 bits per heavy atom. The van der Waals surface area contributed by atoms with Gasteiger partial charge in [-0.2, -0.15) is 0 Å². The molecule has 3 N–H and O–H groups in total. The highest BCUT2D eigenvalue weighted by atomic mass is 32.2. The Balaban J connectivity index is 1.32. The third-order valence-electron chi connectivity index (χ3n) is 6.71. The molecule has 0 radical (unpaired) electrons. The highest BCUT2D eigenvalue weighted by molar-refractivity contribution is 8.01. The van der Waals surface area contributed by atoms with Gasteiger partial charge in [-0.3, -0.25) is 9.59 Å². The number of aliphatic hydroxyl groups excluding tert-OH is 1. The molecule has 1 saturated heterocycles. The molecule has 4 rings (SSSR count). The largest absolute Gasteiger partial charge is 0.392 e. The van der Waals surface area contributed by atoms with Crippen molar-refractivity contribution in [3.05, 3.63) is 75.8 Å². The predicted molar refractivity (Wildman–Crippen MR) is 159 cm³/mol. The Labute approximate surface area is 249 Å². The van der Waals surface area contributed by atoms with Crippen molar-refractivity contribution in [2.24, 2.45) is 0 Å². The first-order chi connectivity index (χ1) is 19.9. The molecule has 0 bridgehead atoms. The molecule has 11 heteroatoms. The molecule has 41 heavy (non-hydrogen) atoms. The summed E-state index contributed by atoms with van der Waals surface area (Å²) >= 11 is 3.22. The Hall–Kier alpha value is -2.83. The average molecular weight is 599 g/mol. The van der Waals surface area contributed by atoms with Crippen molar-refractivity contribution in [3.63, 3.8) is 0 Å². The van der Waals surface area contributed by atoms with Crippen LogP contribution in [0.25, 0.3) is 0 Å². The maximum Gasteiger partial charge on any atom is 0.220 e. The van der Waals surface area contributed by atoms with E-state index in [2.05, 4.69) is 20.8 Å². The molecular formula is C30H38N4O5S2. The summed E-state index contributed by atoms with van der Waals surface area (Å²) in [6.07, 6.45) is 3.00. The van der Waals surface area contributed by atoms with Crippen LogP contribution in [0.4, 0.5) is 0 Å². The number of aliphatic hydroxyl groups is 1. The zero-order valence-corrected chi connectivity index (χ0v) is 25.1. The van der Waals surface area contributed by atoms with Gasteiger partial charge < -0.3 is 25.2 Å². The number of hydrogen-bond acceptors (Lipinski definition) is 9. The van der Waals surface area contributed by atoms with Crippen LogP contribution in [-0.2, 0) is 32.2 Å². The van der Waals surface area contributed by atoms with Gasteiger partial charge in [0.2, 0.25) is 11.8 Å². The van der Waals surface area contributed by atoms with E-state index < -0.39 is 6.29 Å².